The zero-order valence-electron chi connectivity index (χ0n) is 16.9. The maximum atomic E-state index is 12.8. The number of hydrogen-bond donors (Lipinski definition) is 1. The number of nitrogens with one attached hydrogen (secondary N) is 1. The summed E-state index contributed by atoms with van der Waals surface area (Å²) in [5, 5.41) is 3.03. The minimum absolute atomic E-state index is 0.0985. The number of nitrogens with zero attached hydrogens (tertiary/aromatic N) is 1. The highest BCUT2D eigenvalue weighted by molar-refractivity contribution is 5.76. The van der Waals surface area contributed by atoms with Gasteiger partial charge >= 0.3 is 6.09 Å². The van der Waals surface area contributed by atoms with Gasteiger partial charge in [-0.05, 0) is 76.5 Å². The molecule has 0 aromatic carbocycles. The van der Waals surface area contributed by atoms with Gasteiger partial charge in [-0.1, -0.05) is 13.3 Å². The molecule has 2 aliphatic carbocycles. The molecule has 0 aromatic rings. The van der Waals surface area contributed by atoms with E-state index in [1.807, 2.05) is 25.7 Å². The summed E-state index contributed by atoms with van der Waals surface area (Å²) in [4.78, 5) is 27.0. The van der Waals surface area contributed by atoms with Crippen LogP contribution in [0.25, 0.3) is 0 Å². The Balaban J connectivity index is 1.49. The van der Waals surface area contributed by atoms with Gasteiger partial charge in [0, 0.05) is 25.6 Å². The highest BCUT2D eigenvalue weighted by atomic mass is 16.6. The number of amides is 2. The van der Waals surface area contributed by atoms with E-state index in [9.17, 15) is 9.59 Å². The maximum Gasteiger partial charge on any atom is 0.407 e. The third-order valence-electron chi connectivity index (χ3n) is 6.63. The topological polar surface area (TPSA) is 58.6 Å². The van der Waals surface area contributed by atoms with Crippen LogP contribution in [0.5, 0.6) is 0 Å². The van der Waals surface area contributed by atoms with Gasteiger partial charge in [-0.3, -0.25) is 4.79 Å². The summed E-state index contributed by atoms with van der Waals surface area (Å²) >= 11 is 0. The summed E-state index contributed by atoms with van der Waals surface area (Å²) in [6, 6.07) is 0.0985. The molecule has 5 heteroatoms. The fourth-order valence-electron chi connectivity index (χ4n) is 5.30. The average molecular weight is 365 g/mol. The zero-order valence-corrected chi connectivity index (χ0v) is 16.9. The summed E-state index contributed by atoms with van der Waals surface area (Å²) in [7, 11) is 0. The summed E-state index contributed by atoms with van der Waals surface area (Å²) in [6.45, 7) is 9.27. The van der Waals surface area contributed by atoms with Crippen LogP contribution in [0.4, 0.5) is 4.79 Å². The molecule has 3 fully saturated rings. The molecular formula is C21H36N2O3. The molecule has 3 aliphatic rings. The minimum Gasteiger partial charge on any atom is -0.444 e. The molecule has 0 aromatic heterocycles. The molecule has 2 bridgehead atoms. The Bertz CT molecular complexity index is 528. The molecule has 3 rings (SSSR count). The Morgan fingerprint density at radius 3 is 2.46 bits per heavy atom. The van der Waals surface area contributed by atoms with Crippen LogP contribution in [0.2, 0.25) is 0 Å². The molecule has 5 nitrogen and oxygen atoms in total. The van der Waals surface area contributed by atoms with Gasteiger partial charge in [-0.25, -0.2) is 4.79 Å². The molecule has 1 N–H and O–H groups in total. The lowest BCUT2D eigenvalue weighted by Crippen LogP contribution is -2.53. The molecule has 0 unspecified atom stereocenters. The van der Waals surface area contributed by atoms with Crippen molar-refractivity contribution in [2.24, 2.45) is 23.7 Å². The molecule has 5 atom stereocenters. The van der Waals surface area contributed by atoms with Gasteiger partial charge in [-0.15, -0.1) is 0 Å². The molecule has 0 radical (unpaired) electrons. The highest BCUT2D eigenvalue weighted by Gasteiger charge is 2.41. The number of likely N-dealkylation sites (tertiary alicyclic amines) is 1. The van der Waals surface area contributed by atoms with Crippen molar-refractivity contribution < 1.29 is 14.3 Å². The molecule has 148 valence electrons. The lowest BCUT2D eigenvalue weighted by molar-refractivity contribution is -0.134. The Morgan fingerprint density at radius 1 is 1.12 bits per heavy atom. The van der Waals surface area contributed by atoms with E-state index in [1.165, 1.54) is 25.7 Å². The average Bonchev–Trinajstić information content (AvgIpc) is 3.16. The molecular weight excluding hydrogens is 328 g/mol. The molecule has 1 heterocycles. The number of fused-ring (bicyclic) bond motifs is 2. The van der Waals surface area contributed by atoms with E-state index in [1.54, 1.807) is 0 Å². The summed E-state index contributed by atoms with van der Waals surface area (Å²) in [6.07, 6.45) is 7.52. The van der Waals surface area contributed by atoms with E-state index in [0.29, 0.717) is 17.7 Å². The van der Waals surface area contributed by atoms with Gasteiger partial charge in [0.1, 0.15) is 5.60 Å². The molecule has 0 spiro atoms. The lowest BCUT2D eigenvalue weighted by atomic mass is 9.85. The molecule has 2 amide bonds. The number of rotatable bonds is 4. The fourth-order valence-corrected chi connectivity index (χ4v) is 5.30. The van der Waals surface area contributed by atoms with Crippen LogP contribution < -0.4 is 5.32 Å². The van der Waals surface area contributed by atoms with Gasteiger partial charge in [-0.2, -0.15) is 0 Å². The van der Waals surface area contributed by atoms with Crippen molar-refractivity contribution in [3.8, 4) is 0 Å². The zero-order chi connectivity index (χ0) is 18.9. The van der Waals surface area contributed by atoms with E-state index in [4.69, 9.17) is 4.74 Å². The SMILES string of the molecule is CC[C@@H]1CN(C(=O)C[C@H]2C[C@H]3CC[C@H]2C3)CC[C@H]1NC(=O)OC(C)(C)C. The summed E-state index contributed by atoms with van der Waals surface area (Å²) in [5.74, 6) is 2.96. The third kappa shape index (κ3) is 4.72. The second-order valence-corrected chi connectivity index (χ2v) is 9.69. The first-order valence-corrected chi connectivity index (χ1v) is 10.5. The van der Waals surface area contributed by atoms with E-state index in [0.717, 1.165) is 44.2 Å². The van der Waals surface area contributed by atoms with E-state index >= 15 is 0 Å². The summed E-state index contributed by atoms with van der Waals surface area (Å²) in [5.41, 5.74) is -0.483. The standard InChI is InChI=1S/C21H36N2O3/c1-5-15-13-23(9-8-18(15)22-20(25)26-21(2,3)4)19(24)12-17-11-14-6-7-16(17)10-14/h14-18H,5-13H2,1-4H3,(H,22,25)/t14-,15+,16-,17+,18+/m0/s1. The number of carbonyl (C=O) groups is 2. The molecule has 2 saturated carbocycles. The number of piperidine rings is 1. The van der Waals surface area contributed by atoms with Crippen molar-refractivity contribution in [2.75, 3.05) is 13.1 Å². The Kier molecular flexibility index (Phi) is 5.83. The predicted molar refractivity (Wildman–Crippen MR) is 102 cm³/mol. The van der Waals surface area contributed by atoms with Gasteiger partial charge in [0.15, 0.2) is 0 Å². The number of carbonyl (C=O) groups excluding carboxylic acids is 2. The minimum atomic E-state index is -0.483. The van der Waals surface area contributed by atoms with Crippen molar-refractivity contribution in [3.63, 3.8) is 0 Å². The van der Waals surface area contributed by atoms with Crippen LogP contribution in [0, 0.1) is 23.7 Å². The van der Waals surface area contributed by atoms with Crippen LogP contribution >= 0.6 is 0 Å². The second-order valence-electron chi connectivity index (χ2n) is 9.69. The first-order valence-electron chi connectivity index (χ1n) is 10.5. The molecule has 26 heavy (non-hydrogen) atoms. The van der Waals surface area contributed by atoms with Crippen molar-refractivity contribution in [1.29, 1.82) is 0 Å². The molecule has 1 saturated heterocycles. The highest BCUT2D eigenvalue weighted by Crippen LogP contribution is 2.49. The van der Waals surface area contributed by atoms with Crippen molar-refractivity contribution in [2.45, 2.75) is 84.3 Å². The van der Waals surface area contributed by atoms with Crippen LogP contribution in [0.15, 0.2) is 0 Å². The summed E-state index contributed by atoms with van der Waals surface area (Å²) < 4.78 is 5.39. The Morgan fingerprint density at radius 2 is 1.88 bits per heavy atom. The quantitative estimate of drug-likeness (QED) is 0.821. The van der Waals surface area contributed by atoms with Gasteiger partial charge in [0.05, 0.1) is 0 Å². The third-order valence-corrected chi connectivity index (χ3v) is 6.63. The van der Waals surface area contributed by atoms with Gasteiger partial charge < -0.3 is 15.0 Å². The first-order chi connectivity index (χ1) is 12.2. The van der Waals surface area contributed by atoms with Gasteiger partial charge in [0.2, 0.25) is 5.91 Å². The van der Waals surface area contributed by atoms with E-state index < -0.39 is 5.60 Å². The normalized spacial score (nSPS) is 34.0. The fraction of sp³-hybridized carbons (Fsp3) is 0.905. The van der Waals surface area contributed by atoms with Crippen molar-refractivity contribution in [3.05, 3.63) is 0 Å². The second kappa shape index (κ2) is 7.77. The van der Waals surface area contributed by atoms with Crippen LogP contribution in [-0.4, -0.2) is 41.6 Å². The van der Waals surface area contributed by atoms with Gasteiger partial charge in [0.25, 0.3) is 0 Å². The largest absolute Gasteiger partial charge is 0.444 e. The lowest BCUT2D eigenvalue weighted by Gasteiger charge is -2.39. The van der Waals surface area contributed by atoms with E-state index in [2.05, 4.69) is 12.2 Å². The monoisotopic (exact) mass is 364 g/mol. The van der Waals surface area contributed by atoms with Crippen LogP contribution in [0.3, 0.4) is 0 Å². The van der Waals surface area contributed by atoms with E-state index in [-0.39, 0.29) is 12.1 Å². The Hall–Kier alpha value is -1.26. The number of alkyl carbamates (subject to hydrolysis) is 1. The molecule has 1 aliphatic heterocycles. The van der Waals surface area contributed by atoms with Crippen molar-refractivity contribution >= 4 is 12.0 Å². The maximum absolute atomic E-state index is 12.8. The number of hydrogen-bond acceptors (Lipinski definition) is 3. The predicted octanol–water partition coefficient (Wildman–Crippen LogP) is 3.96. The van der Waals surface area contributed by atoms with Crippen LogP contribution in [-0.2, 0) is 9.53 Å². The Labute approximate surface area is 158 Å². The first kappa shape index (κ1) is 19.5. The van der Waals surface area contributed by atoms with Crippen LogP contribution in [0.1, 0.15) is 72.6 Å². The smallest absolute Gasteiger partial charge is 0.407 e. The van der Waals surface area contributed by atoms with Crippen molar-refractivity contribution in [1.82, 2.24) is 10.2 Å². The number of ether oxygens (including phenoxy) is 1.